The first-order valence-electron chi connectivity index (χ1n) is 6.92. The zero-order valence-electron chi connectivity index (χ0n) is 11.7. The molecule has 0 bridgehead atoms. The quantitative estimate of drug-likeness (QED) is 0.714. The van der Waals surface area contributed by atoms with Crippen LogP contribution in [0.15, 0.2) is 22.7 Å². The van der Waals surface area contributed by atoms with Gasteiger partial charge in [-0.2, -0.15) is 0 Å². The molecule has 0 unspecified atom stereocenters. The number of nitrogens with zero attached hydrogens (tertiary/aromatic N) is 2. The second kappa shape index (κ2) is 7.09. The Morgan fingerprint density at radius 2 is 1.84 bits per heavy atom. The van der Waals surface area contributed by atoms with E-state index in [0.29, 0.717) is 0 Å². The van der Waals surface area contributed by atoms with Crippen molar-refractivity contribution in [1.82, 2.24) is 4.90 Å². The monoisotopic (exact) mass is 388 g/mol. The van der Waals surface area contributed by atoms with E-state index < -0.39 is 0 Å². The highest BCUT2D eigenvalue weighted by molar-refractivity contribution is 9.10. The van der Waals surface area contributed by atoms with Crippen molar-refractivity contribution in [2.75, 3.05) is 37.6 Å². The summed E-state index contributed by atoms with van der Waals surface area (Å²) < 4.78 is 1.21. The van der Waals surface area contributed by atoms with E-state index >= 15 is 0 Å². The molecule has 1 fully saturated rings. The minimum Gasteiger partial charge on any atom is -0.368 e. The summed E-state index contributed by atoms with van der Waals surface area (Å²) in [5.74, 6) is 0.761. The summed E-state index contributed by atoms with van der Waals surface area (Å²) in [6.45, 7) is 10.4. The highest BCUT2D eigenvalue weighted by Gasteiger charge is 2.19. The lowest BCUT2D eigenvalue weighted by Gasteiger charge is -2.37. The Labute approximate surface area is 133 Å². The van der Waals surface area contributed by atoms with Crippen molar-refractivity contribution in [3.63, 3.8) is 0 Å². The zero-order valence-corrected chi connectivity index (χ0v) is 14.9. The van der Waals surface area contributed by atoms with Gasteiger partial charge in [-0.25, -0.2) is 0 Å². The van der Waals surface area contributed by atoms with E-state index in [1.54, 1.807) is 0 Å². The van der Waals surface area contributed by atoms with Gasteiger partial charge < -0.3 is 4.90 Å². The Kier molecular flexibility index (Phi) is 5.72. The van der Waals surface area contributed by atoms with Crippen molar-refractivity contribution < 1.29 is 0 Å². The molecule has 1 saturated heterocycles. The van der Waals surface area contributed by atoms with Crippen LogP contribution in [-0.4, -0.2) is 37.6 Å². The molecule has 1 aromatic rings. The largest absolute Gasteiger partial charge is 0.368 e. The van der Waals surface area contributed by atoms with Crippen molar-refractivity contribution in [1.29, 1.82) is 0 Å². The molecule has 0 amide bonds. The summed E-state index contributed by atoms with van der Waals surface area (Å²) in [6.07, 6.45) is 0. The molecule has 2 rings (SSSR count). The van der Waals surface area contributed by atoms with E-state index in [-0.39, 0.29) is 0 Å². The molecule has 0 atom stereocenters. The Bertz CT molecular complexity index is 413. The van der Waals surface area contributed by atoms with E-state index in [4.69, 9.17) is 0 Å². The van der Waals surface area contributed by atoms with Crippen LogP contribution >= 0.6 is 31.9 Å². The molecule has 1 heterocycles. The first-order valence-corrected chi connectivity index (χ1v) is 8.83. The molecule has 1 aromatic carbocycles. The Morgan fingerprint density at radius 1 is 1.16 bits per heavy atom. The number of hydrogen-bond donors (Lipinski definition) is 0. The van der Waals surface area contributed by atoms with E-state index in [1.165, 1.54) is 35.4 Å². The Hall–Kier alpha value is -0.0600. The van der Waals surface area contributed by atoms with Crippen LogP contribution in [-0.2, 0) is 5.33 Å². The molecule has 0 radical (unpaired) electrons. The van der Waals surface area contributed by atoms with Gasteiger partial charge in [-0.15, -0.1) is 0 Å². The molecule has 1 aliphatic heterocycles. The normalized spacial score (nSPS) is 17.2. The summed E-state index contributed by atoms with van der Waals surface area (Å²) in [4.78, 5) is 5.06. The van der Waals surface area contributed by atoms with Gasteiger partial charge in [0.05, 0.1) is 5.69 Å². The number of benzene rings is 1. The minimum atomic E-state index is 0.761. The molecular formula is C15H22Br2N2. The molecule has 0 aromatic heterocycles. The van der Waals surface area contributed by atoms with Crippen LogP contribution in [0.3, 0.4) is 0 Å². The number of halogens is 2. The molecule has 1 aliphatic rings. The second-order valence-electron chi connectivity index (χ2n) is 5.60. The van der Waals surface area contributed by atoms with Crippen LogP contribution in [0.25, 0.3) is 0 Å². The summed E-state index contributed by atoms with van der Waals surface area (Å²) in [5.41, 5.74) is 2.64. The third-order valence-electron chi connectivity index (χ3n) is 3.50. The van der Waals surface area contributed by atoms with Crippen LogP contribution in [0.1, 0.15) is 19.4 Å². The maximum absolute atomic E-state index is 3.70. The van der Waals surface area contributed by atoms with E-state index in [0.717, 1.165) is 24.3 Å². The van der Waals surface area contributed by atoms with Crippen molar-refractivity contribution in [2.24, 2.45) is 5.92 Å². The summed E-state index contributed by atoms with van der Waals surface area (Å²) in [5, 5.41) is 0.911. The minimum absolute atomic E-state index is 0.761. The van der Waals surface area contributed by atoms with Gasteiger partial charge in [-0.3, -0.25) is 4.90 Å². The predicted molar refractivity (Wildman–Crippen MR) is 90.3 cm³/mol. The van der Waals surface area contributed by atoms with Crippen LogP contribution in [0.4, 0.5) is 5.69 Å². The van der Waals surface area contributed by atoms with Crippen molar-refractivity contribution >= 4 is 37.5 Å². The second-order valence-corrected chi connectivity index (χ2v) is 7.02. The lowest BCUT2D eigenvalue weighted by Crippen LogP contribution is -2.47. The van der Waals surface area contributed by atoms with Gasteiger partial charge in [-0.1, -0.05) is 35.8 Å². The van der Waals surface area contributed by atoms with Crippen LogP contribution in [0.2, 0.25) is 0 Å². The molecule has 2 nitrogen and oxygen atoms in total. The Balaban J connectivity index is 1.97. The SMILES string of the molecule is CC(C)CN1CCN(c2ccc(CBr)cc2Br)CC1. The fraction of sp³-hybridized carbons (Fsp3) is 0.600. The van der Waals surface area contributed by atoms with Crippen LogP contribution in [0, 0.1) is 5.92 Å². The molecule has 106 valence electrons. The Morgan fingerprint density at radius 3 is 2.37 bits per heavy atom. The van der Waals surface area contributed by atoms with Crippen molar-refractivity contribution in [3.8, 4) is 0 Å². The van der Waals surface area contributed by atoms with Crippen LogP contribution < -0.4 is 4.90 Å². The summed E-state index contributed by atoms with van der Waals surface area (Å²) >= 11 is 7.20. The van der Waals surface area contributed by atoms with E-state index in [9.17, 15) is 0 Å². The lowest BCUT2D eigenvalue weighted by atomic mass is 10.1. The third kappa shape index (κ3) is 4.20. The molecular weight excluding hydrogens is 368 g/mol. The van der Waals surface area contributed by atoms with Gasteiger partial charge >= 0.3 is 0 Å². The maximum Gasteiger partial charge on any atom is 0.0511 e. The van der Waals surface area contributed by atoms with Crippen LogP contribution in [0.5, 0.6) is 0 Å². The smallest absolute Gasteiger partial charge is 0.0511 e. The zero-order chi connectivity index (χ0) is 13.8. The van der Waals surface area contributed by atoms with Gasteiger partial charge in [0.25, 0.3) is 0 Å². The average Bonchev–Trinajstić information content (AvgIpc) is 2.39. The van der Waals surface area contributed by atoms with Crippen molar-refractivity contribution in [2.45, 2.75) is 19.2 Å². The van der Waals surface area contributed by atoms with Gasteiger partial charge in [0.15, 0.2) is 0 Å². The van der Waals surface area contributed by atoms with Gasteiger partial charge in [0.1, 0.15) is 0 Å². The number of rotatable bonds is 4. The topological polar surface area (TPSA) is 6.48 Å². The molecule has 19 heavy (non-hydrogen) atoms. The molecule has 0 saturated carbocycles. The number of anilines is 1. The maximum atomic E-state index is 3.70. The highest BCUT2D eigenvalue weighted by atomic mass is 79.9. The summed E-state index contributed by atoms with van der Waals surface area (Å²) in [7, 11) is 0. The number of alkyl halides is 1. The lowest BCUT2D eigenvalue weighted by molar-refractivity contribution is 0.231. The first kappa shape index (κ1) is 15.3. The number of hydrogen-bond acceptors (Lipinski definition) is 2. The highest BCUT2D eigenvalue weighted by Crippen LogP contribution is 2.29. The summed E-state index contributed by atoms with van der Waals surface area (Å²) in [6, 6.07) is 6.65. The van der Waals surface area contributed by atoms with Crippen molar-refractivity contribution in [3.05, 3.63) is 28.2 Å². The fourth-order valence-corrected chi connectivity index (χ4v) is 3.60. The predicted octanol–water partition coefficient (Wildman–Crippen LogP) is 4.12. The van der Waals surface area contributed by atoms with Gasteiger partial charge in [-0.05, 0) is 39.5 Å². The van der Waals surface area contributed by atoms with Gasteiger partial charge in [0.2, 0.25) is 0 Å². The van der Waals surface area contributed by atoms with Gasteiger partial charge in [0, 0.05) is 42.5 Å². The standard InChI is InChI=1S/C15H22Br2N2/c1-12(2)11-18-5-7-19(8-6-18)15-4-3-13(10-16)9-14(15)17/h3-4,9,12H,5-8,10-11H2,1-2H3. The molecule has 0 N–H and O–H groups in total. The number of piperazine rings is 1. The van der Waals surface area contributed by atoms with E-state index in [2.05, 4.69) is 73.7 Å². The first-order chi connectivity index (χ1) is 9.10. The van der Waals surface area contributed by atoms with E-state index in [1.807, 2.05) is 0 Å². The third-order valence-corrected chi connectivity index (χ3v) is 4.79. The fourth-order valence-electron chi connectivity index (χ4n) is 2.58. The molecule has 4 heteroatoms. The average molecular weight is 390 g/mol. The molecule has 0 spiro atoms. The molecule has 0 aliphatic carbocycles.